The van der Waals surface area contributed by atoms with Crippen molar-refractivity contribution in [3.8, 4) is 0 Å². The highest BCUT2D eigenvalue weighted by atomic mass is 28.3. The minimum atomic E-state index is -1.22. The van der Waals surface area contributed by atoms with Crippen molar-refractivity contribution in [1.82, 2.24) is 0 Å². The molecule has 2 nitrogen and oxygen atoms in total. The molecule has 1 radical (unpaired) electrons. The zero-order valence-corrected chi connectivity index (χ0v) is 10.3. The molecule has 0 bridgehead atoms. The van der Waals surface area contributed by atoms with Gasteiger partial charge in [0.15, 0.2) is 0 Å². The van der Waals surface area contributed by atoms with Gasteiger partial charge in [-0.25, -0.2) is 0 Å². The fourth-order valence-electron chi connectivity index (χ4n) is 1.15. The number of hydrogen-bond donors (Lipinski definition) is 0. The first-order chi connectivity index (χ1) is 7.36. The second-order valence-electron chi connectivity index (χ2n) is 2.93. The van der Waals surface area contributed by atoms with Crippen LogP contribution >= 0.6 is 0 Å². The molecule has 81 valence electrons. The van der Waals surface area contributed by atoms with Gasteiger partial charge in [0, 0.05) is 13.2 Å². The minimum absolute atomic E-state index is 0.702. The van der Waals surface area contributed by atoms with Crippen molar-refractivity contribution in [2.24, 2.45) is 0 Å². The Labute approximate surface area is 93.4 Å². The van der Waals surface area contributed by atoms with E-state index in [0.29, 0.717) is 13.2 Å². The van der Waals surface area contributed by atoms with Gasteiger partial charge in [-0.05, 0) is 25.1 Å². The normalized spacial score (nSPS) is 11.4. The summed E-state index contributed by atoms with van der Waals surface area (Å²) in [6.45, 7) is 5.38. The third kappa shape index (κ3) is 4.92. The van der Waals surface area contributed by atoms with Crippen LogP contribution in [0.4, 0.5) is 0 Å². The van der Waals surface area contributed by atoms with E-state index in [2.05, 4.69) is 18.2 Å². The molecule has 0 unspecified atom stereocenters. The van der Waals surface area contributed by atoms with E-state index in [4.69, 9.17) is 8.85 Å². The molecule has 0 aliphatic rings. The molecular weight excluding hydrogens is 204 g/mol. The number of benzene rings is 1. The topological polar surface area (TPSA) is 18.5 Å². The van der Waals surface area contributed by atoms with E-state index in [9.17, 15) is 0 Å². The third-order valence-electron chi connectivity index (χ3n) is 1.78. The average molecular weight is 221 g/mol. The lowest BCUT2D eigenvalue weighted by Gasteiger charge is -2.08. The largest absolute Gasteiger partial charge is 0.415 e. The average Bonchev–Trinajstić information content (AvgIpc) is 2.28. The Balaban J connectivity index is 2.53. The Morgan fingerprint density at radius 2 is 1.67 bits per heavy atom. The van der Waals surface area contributed by atoms with Gasteiger partial charge < -0.3 is 8.85 Å². The number of hydrogen-bond acceptors (Lipinski definition) is 2. The van der Waals surface area contributed by atoms with Gasteiger partial charge in [-0.2, -0.15) is 0 Å². The molecule has 15 heavy (non-hydrogen) atoms. The Morgan fingerprint density at radius 1 is 1.07 bits per heavy atom. The van der Waals surface area contributed by atoms with Gasteiger partial charge in [0.1, 0.15) is 0 Å². The van der Waals surface area contributed by atoms with Crippen LogP contribution in [0, 0.1) is 0 Å². The predicted octanol–water partition coefficient (Wildman–Crippen LogP) is 2.80. The van der Waals surface area contributed by atoms with Crippen LogP contribution in [0.15, 0.2) is 36.0 Å². The summed E-state index contributed by atoms with van der Waals surface area (Å²) in [4.78, 5) is 0. The first kappa shape index (κ1) is 12.2. The zero-order valence-electron chi connectivity index (χ0n) is 9.27. The van der Waals surface area contributed by atoms with Gasteiger partial charge in [-0.15, -0.1) is 0 Å². The molecule has 0 amide bonds. The van der Waals surface area contributed by atoms with Gasteiger partial charge in [-0.3, -0.25) is 0 Å². The van der Waals surface area contributed by atoms with Crippen LogP contribution in [0.1, 0.15) is 19.4 Å². The molecule has 3 heteroatoms. The van der Waals surface area contributed by atoms with Gasteiger partial charge >= 0.3 is 9.28 Å². The fourth-order valence-corrected chi connectivity index (χ4v) is 2.32. The van der Waals surface area contributed by atoms with Gasteiger partial charge in [-0.1, -0.05) is 36.4 Å². The van der Waals surface area contributed by atoms with Crippen molar-refractivity contribution >= 4 is 15.4 Å². The summed E-state index contributed by atoms with van der Waals surface area (Å²) in [6.07, 6.45) is 2.06. The van der Waals surface area contributed by atoms with Gasteiger partial charge in [0.05, 0.1) is 0 Å². The number of rotatable bonds is 6. The van der Waals surface area contributed by atoms with E-state index in [1.807, 2.05) is 37.7 Å². The van der Waals surface area contributed by atoms with Crippen LogP contribution < -0.4 is 0 Å². The highest BCUT2D eigenvalue weighted by Crippen LogP contribution is 2.02. The molecule has 1 rings (SSSR count). The van der Waals surface area contributed by atoms with Crippen molar-refractivity contribution < 1.29 is 8.85 Å². The smallest absolute Gasteiger partial charge is 0.391 e. The molecule has 0 spiro atoms. The van der Waals surface area contributed by atoms with Crippen molar-refractivity contribution in [1.29, 1.82) is 0 Å². The summed E-state index contributed by atoms with van der Waals surface area (Å²) in [5.74, 6) is 0. The molecule has 0 aliphatic carbocycles. The van der Waals surface area contributed by atoms with Crippen LogP contribution in [-0.4, -0.2) is 22.5 Å². The van der Waals surface area contributed by atoms with E-state index in [-0.39, 0.29) is 0 Å². The molecule has 0 atom stereocenters. The molecule has 1 aromatic carbocycles. The summed E-state index contributed by atoms with van der Waals surface area (Å²) in [5.41, 5.74) is 3.21. The van der Waals surface area contributed by atoms with Crippen LogP contribution in [0.5, 0.6) is 0 Å². The molecule has 0 heterocycles. The SMILES string of the molecule is CCO[Si](/C=C/c1ccccc1)OCC. The Kier molecular flexibility index (Phi) is 6.00. The van der Waals surface area contributed by atoms with E-state index in [1.165, 1.54) is 5.56 Å². The molecule has 0 fully saturated rings. The second-order valence-corrected chi connectivity index (χ2v) is 4.48. The van der Waals surface area contributed by atoms with Crippen LogP contribution in [0.2, 0.25) is 0 Å². The zero-order chi connectivity index (χ0) is 10.9. The highest BCUT2D eigenvalue weighted by Gasteiger charge is 2.08. The molecule has 0 N–H and O–H groups in total. The maximum Gasteiger partial charge on any atom is 0.415 e. The van der Waals surface area contributed by atoms with Crippen LogP contribution in [0.25, 0.3) is 6.08 Å². The van der Waals surface area contributed by atoms with Crippen molar-refractivity contribution in [2.75, 3.05) is 13.2 Å². The lowest BCUT2D eigenvalue weighted by molar-refractivity contribution is 0.224. The Bertz CT molecular complexity index is 279. The summed E-state index contributed by atoms with van der Waals surface area (Å²) < 4.78 is 11.0. The molecular formula is C12H17O2Si. The maximum absolute atomic E-state index is 5.50. The van der Waals surface area contributed by atoms with E-state index in [1.54, 1.807) is 0 Å². The van der Waals surface area contributed by atoms with Crippen molar-refractivity contribution in [3.63, 3.8) is 0 Å². The predicted molar refractivity (Wildman–Crippen MR) is 64.5 cm³/mol. The molecule has 0 saturated heterocycles. The Morgan fingerprint density at radius 3 is 2.20 bits per heavy atom. The van der Waals surface area contributed by atoms with Gasteiger partial charge in [0.2, 0.25) is 0 Å². The van der Waals surface area contributed by atoms with E-state index >= 15 is 0 Å². The first-order valence-corrected chi connectivity index (χ1v) is 6.62. The Hall–Kier alpha value is -0.903. The molecule has 0 aromatic heterocycles. The quantitative estimate of drug-likeness (QED) is 0.688. The lowest BCUT2D eigenvalue weighted by atomic mass is 10.2. The summed E-state index contributed by atoms with van der Waals surface area (Å²) >= 11 is 0. The van der Waals surface area contributed by atoms with Crippen LogP contribution in [-0.2, 0) is 8.85 Å². The molecule has 0 aliphatic heterocycles. The maximum atomic E-state index is 5.50. The molecule has 0 saturated carbocycles. The monoisotopic (exact) mass is 221 g/mol. The van der Waals surface area contributed by atoms with Gasteiger partial charge in [0.25, 0.3) is 0 Å². The standard InChI is InChI=1S/C12H17O2Si/c1-3-13-15(14-4-2)11-10-12-8-6-5-7-9-12/h5-11H,3-4H2,1-2H3/b11-10+. The summed E-state index contributed by atoms with van der Waals surface area (Å²) in [6, 6.07) is 10.2. The summed E-state index contributed by atoms with van der Waals surface area (Å²) in [7, 11) is -1.22. The second kappa shape index (κ2) is 7.40. The first-order valence-electron chi connectivity index (χ1n) is 5.22. The van der Waals surface area contributed by atoms with Crippen molar-refractivity contribution in [3.05, 3.63) is 41.6 Å². The lowest BCUT2D eigenvalue weighted by Crippen LogP contribution is -2.20. The fraction of sp³-hybridized carbons (Fsp3) is 0.333. The van der Waals surface area contributed by atoms with E-state index in [0.717, 1.165) is 0 Å². The summed E-state index contributed by atoms with van der Waals surface area (Å²) in [5, 5.41) is 0. The molecule has 1 aromatic rings. The van der Waals surface area contributed by atoms with E-state index < -0.39 is 9.28 Å². The van der Waals surface area contributed by atoms with Crippen molar-refractivity contribution in [2.45, 2.75) is 13.8 Å². The minimum Gasteiger partial charge on any atom is -0.391 e. The van der Waals surface area contributed by atoms with Crippen LogP contribution in [0.3, 0.4) is 0 Å². The third-order valence-corrected chi connectivity index (χ3v) is 3.37. The highest BCUT2D eigenvalue weighted by molar-refractivity contribution is 6.51.